The van der Waals surface area contributed by atoms with Crippen LogP contribution in [-0.4, -0.2) is 53.3 Å². The summed E-state index contributed by atoms with van der Waals surface area (Å²) >= 11 is 0. The van der Waals surface area contributed by atoms with E-state index in [0.717, 1.165) is 29.3 Å². The largest absolute Gasteiger partial charge is 0.497 e. The van der Waals surface area contributed by atoms with Crippen molar-refractivity contribution in [3.05, 3.63) is 53.4 Å². The Bertz CT molecular complexity index is 979. The van der Waals surface area contributed by atoms with Gasteiger partial charge in [0.15, 0.2) is 11.6 Å². The van der Waals surface area contributed by atoms with Gasteiger partial charge in [-0.1, -0.05) is 5.16 Å². The molecule has 152 valence electrons. The first-order chi connectivity index (χ1) is 14.0. The number of anilines is 1. The molecule has 1 aromatic carbocycles. The number of ether oxygens (including phenoxy) is 1. The molecule has 0 N–H and O–H groups in total. The number of methoxy groups -OCH3 is 1. The van der Waals surface area contributed by atoms with Gasteiger partial charge in [0, 0.05) is 36.8 Å². The summed E-state index contributed by atoms with van der Waals surface area (Å²) in [5.41, 5.74) is 3.02. The van der Waals surface area contributed by atoms with Gasteiger partial charge in [-0.15, -0.1) is 0 Å². The van der Waals surface area contributed by atoms with Crippen LogP contribution in [0.1, 0.15) is 17.0 Å². The van der Waals surface area contributed by atoms with Gasteiger partial charge in [0.1, 0.15) is 23.5 Å². The van der Waals surface area contributed by atoms with E-state index in [1.165, 1.54) is 6.33 Å². The Morgan fingerprint density at radius 3 is 2.55 bits per heavy atom. The van der Waals surface area contributed by atoms with Crippen LogP contribution >= 0.6 is 0 Å². The highest BCUT2D eigenvalue weighted by Gasteiger charge is 2.34. The normalized spacial score (nSPS) is 14.3. The van der Waals surface area contributed by atoms with Crippen LogP contribution in [0.15, 0.2) is 35.1 Å². The van der Waals surface area contributed by atoms with E-state index in [1.54, 1.807) is 31.4 Å². The van der Waals surface area contributed by atoms with E-state index < -0.39 is 5.82 Å². The van der Waals surface area contributed by atoms with Crippen molar-refractivity contribution in [1.29, 1.82) is 0 Å². The van der Waals surface area contributed by atoms with Crippen LogP contribution in [0, 0.1) is 19.7 Å². The number of aryl methyl sites for hydroxylation is 2. The molecule has 2 aromatic heterocycles. The van der Waals surface area contributed by atoms with Gasteiger partial charge in [0.05, 0.1) is 12.8 Å². The fraction of sp³-hybridized carbons (Fsp3) is 0.381. The van der Waals surface area contributed by atoms with Crippen molar-refractivity contribution >= 4 is 5.82 Å². The second-order valence-electron chi connectivity index (χ2n) is 7.37. The summed E-state index contributed by atoms with van der Waals surface area (Å²) < 4.78 is 25.5. The summed E-state index contributed by atoms with van der Waals surface area (Å²) in [6.07, 6.45) is 1.42. The Balaban J connectivity index is 1.45. The summed E-state index contributed by atoms with van der Waals surface area (Å²) in [6, 6.07) is 7.48. The number of nitrogens with zero attached hydrogens (tertiary/aromatic N) is 5. The van der Waals surface area contributed by atoms with E-state index in [1.807, 2.05) is 18.7 Å². The van der Waals surface area contributed by atoms with Gasteiger partial charge in [-0.25, -0.2) is 14.4 Å². The minimum atomic E-state index is -0.399. The van der Waals surface area contributed by atoms with Crippen LogP contribution in [0.5, 0.6) is 5.75 Å². The minimum absolute atomic E-state index is 0.296. The summed E-state index contributed by atoms with van der Waals surface area (Å²) in [5, 5.41) is 4.01. The lowest BCUT2D eigenvalue weighted by molar-refractivity contribution is 0.194. The van der Waals surface area contributed by atoms with Crippen LogP contribution in [0.2, 0.25) is 0 Å². The average molecular weight is 397 g/mol. The van der Waals surface area contributed by atoms with Crippen molar-refractivity contribution < 1.29 is 13.7 Å². The van der Waals surface area contributed by atoms with E-state index in [-0.39, 0.29) is 0 Å². The van der Waals surface area contributed by atoms with Crippen LogP contribution < -0.4 is 9.64 Å². The number of aromatic nitrogens is 3. The summed E-state index contributed by atoms with van der Waals surface area (Å²) in [4.78, 5) is 12.5. The van der Waals surface area contributed by atoms with Gasteiger partial charge in [-0.3, -0.25) is 4.90 Å². The number of rotatable bonds is 6. The number of hydrogen-bond acceptors (Lipinski definition) is 7. The zero-order valence-corrected chi connectivity index (χ0v) is 17.0. The second kappa shape index (κ2) is 7.79. The Labute approximate surface area is 169 Å². The molecule has 7 nitrogen and oxygen atoms in total. The van der Waals surface area contributed by atoms with Gasteiger partial charge in [0.25, 0.3) is 0 Å². The first kappa shape index (κ1) is 19.3. The third-order valence-corrected chi connectivity index (χ3v) is 5.51. The van der Waals surface area contributed by atoms with Gasteiger partial charge in [-0.05, 0) is 45.2 Å². The topological polar surface area (TPSA) is 67.5 Å². The first-order valence-corrected chi connectivity index (χ1v) is 9.49. The molecule has 1 fully saturated rings. The number of likely N-dealkylation sites (N-methyl/N-ethyl adjacent to an activating group) is 1. The smallest absolute Gasteiger partial charge is 0.191 e. The molecule has 3 aromatic rings. The van der Waals surface area contributed by atoms with Crippen LogP contribution in [0.4, 0.5) is 10.2 Å². The maximum absolute atomic E-state index is 15.1. The molecular weight excluding hydrogens is 373 g/mol. The van der Waals surface area contributed by atoms with E-state index >= 15 is 4.39 Å². The highest BCUT2D eigenvalue weighted by Crippen LogP contribution is 2.30. The Kier molecular flexibility index (Phi) is 5.19. The minimum Gasteiger partial charge on any atom is -0.497 e. The van der Waals surface area contributed by atoms with E-state index in [0.29, 0.717) is 36.2 Å². The second-order valence-corrected chi connectivity index (χ2v) is 7.37. The molecular formula is C21H24FN5O2. The SMILES string of the molecule is COc1ccc(-c2ncnc(N3CC(N(C)Cc4c(C)noc4C)C3)c2F)cc1. The third-order valence-electron chi connectivity index (χ3n) is 5.51. The molecule has 0 radical (unpaired) electrons. The predicted octanol–water partition coefficient (Wildman–Crippen LogP) is 3.22. The average Bonchev–Trinajstić information content (AvgIpc) is 3.00. The van der Waals surface area contributed by atoms with Crippen LogP contribution in [-0.2, 0) is 6.54 Å². The summed E-state index contributed by atoms with van der Waals surface area (Å²) in [6.45, 7) is 6.03. The lowest BCUT2D eigenvalue weighted by Gasteiger charge is -2.44. The molecule has 29 heavy (non-hydrogen) atoms. The number of benzene rings is 1. The molecule has 1 aliphatic rings. The van der Waals surface area contributed by atoms with Crippen molar-refractivity contribution in [2.75, 3.05) is 32.1 Å². The molecule has 4 rings (SSSR count). The molecule has 0 atom stereocenters. The van der Waals surface area contributed by atoms with Gasteiger partial charge < -0.3 is 14.2 Å². The van der Waals surface area contributed by atoms with Crippen molar-refractivity contribution in [1.82, 2.24) is 20.0 Å². The lowest BCUT2D eigenvalue weighted by Crippen LogP contribution is -2.58. The van der Waals surface area contributed by atoms with Crippen molar-refractivity contribution in [3.63, 3.8) is 0 Å². The van der Waals surface area contributed by atoms with Gasteiger partial charge in [-0.2, -0.15) is 0 Å². The zero-order valence-electron chi connectivity index (χ0n) is 17.0. The molecule has 0 spiro atoms. The lowest BCUT2D eigenvalue weighted by atomic mass is 10.1. The molecule has 8 heteroatoms. The Morgan fingerprint density at radius 2 is 1.93 bits per heavy atom. The maximum Gasteiger partial charge on any atom is 0.191 e. The molecule has 0 amide bonds. The van der Waals surface area contributed by atoms with Crippen LogP contribution in [0.3, 0.4) is 0 Å². The number of hydrogen-bond donors (Lipinski definition) is 0. The Hall–Kier alpha value is -3.00. The molecule has 0 bridgehead atoms. The van der Waals surface area contributed by atoms with Crippen molar-refractivity contribution in [3.8, 4) is 17.0 Å². The van der Waals surface area contributed by atoms with E-state index in [9.17, 15) is 0 Å². The van der Waals surface area contributed by atoms with Crippen molar-refractivity contribution in [2.45, 2.75) is 26.4 Å². The highest BCUT2D eigenvalue weighted by molar-refractivity contribution is 5.65. The van der Waals surface area contributed by atoms with Crippen molar-refractivity contribution in [2.24, 2.45) is 0 Å². The fourth-order valence-electron chi connectivity index (χ4n) is 3.54. The zero-order chi connectivity index (χ0) is 20.5. The summed E-state index contributed by atoms with van der Waals surface area (Å²) in [7, 11) is 3.66. The molecule has 0 unspecified atom stereocenters. The molecule has 0 saturated carbocycles. The highest BCUT2D eigenvalue weighted by atomic mass is 19.1. The standard InChI is InChI=1S/C21H24FN5O2/c1-13-18(14(2)29-25-13)11-26(3)16-9-27(10-16)21-19(22)20(23-12-24-21)15-5-7-17(28-4)8-6-15/h5-8,12,16H,9-11H2,1-4H3. The molecule has 3 heterocycles. The fourth-order valence-corrected chi connectivity index (χ4v) is 3.54. The van der Waals surface area contributed by atoms with Gasteiger partial charge in [0.2, 0.25) is 0 Å². The van der Waals surface area contributed by atoms with E-state index in [4.69, 9.17) is 9.26 Å². The Morgan fingerprint density at radius 1 is 1.21 bits per heavy atom. The van der Waals surface area contributed by atoms with Crippen LogP contribution in [0.25, 0.3) is 11.3 Å². The quantitative estimate of drug-likeness (QED) is 0.633. The first-order valence-electron chi connectivity index (χ1n) is 9.49. The molecule has 1 aliphatic heterocycles. The van der Waals surface area contributed by atoms with E-state index in [2.05, 4.69) is 27.1 Å². The maximum atomic E-state index is 15.1. The van der Waals surface area contributed by atoms with Gasteiger partial charge >= 0.3 is 0 Å². The third kappa shape index (κ3) is 3.67. The molecule has 0 aliphatic carbocycles. The monoisotopic (exact) mass is 397 g/mol. The molecule has 1 saturated heterocycles. The number of halogens is 1. The predicted molar refractivity (Wildman–Crippen MR) is 107 cm³/mol. The summed E-state index contributed by atoms with van der Waals surface area (Å²) in [5.74, 6) is 1.50.